The fourth-order valence-electron chi connectivity index (χ4n) is 7.12. The van der Waals surface area contributed by atoms with Gasteiger partial charge in [-0.05, 0) is 56.2 Å². The summed E-state index contributed by atoms with van der Waals surface area (Å²) in [7, 11) is 0. The van der Waals surface area contributed by atoms with Gasteiger partial charge in [-0.15, -0.1) is 0 Å². The van der Waals surface area contributed by atoms with Gasteiger partial charge in [-0.3, -0.25) is 9.69 Å². The highest BCUT2D eigenvalue weighted by Crippen LogP contribution is 2.30. The first-order chi connectivity index (χ1) is 25.5. The number of pyridine rings is 1. The summed E-state index contributed by atoms with van der Waals surface area (Å²) < 4.78 is 22.6. The number of aromatic nitrogens is 3. The number of nitrogens with zero attached hydrogens (tertiary/aromatic N) is 4. The second kappa shape index (κ2) is 22.2. The van der Waals surface area contributed by atoms with Gasteiger partial charge in [0, 0.05) is 69.2 Å². The molecule has 2 unspecified atom stereocenters. The first kappa shape index (κ1) is 40.1. The van der Waals surface area contributed by atoms with Gasteiger partial charge in [-0.1, -0.05) is 32.6 Å². The van der Waals surface area contributed by atoms with Crippen LogP contribution in [-0.4, -0.2) is 124 Å². The van der Waals surface area contributed by atoms with Crippen LogP contribution in [0.4, 0.5) is 11.5 Å². The molecule has 2 aliphatic rings. The average molecular weight is 725 g/mol. The molecule has 290 valence electrons. The van der Waals surface area contributed by atoms with Crippen LogP contribution in [0, 0.1) is 5.92 Å². The molecule has 1 saturated heterocycles. The van der Waals surface area contributed by atoms with E-state index in [2.05, 4.69) is 50.2 Å². The van der Waals surface area contributed by atoms with Crippen LogP contribution < -0.4 is 21.7 Å². The summed E-state index contributed by atoms with van der Waals surface area (Å²) in [5.41, 5.74) is 16.3. The number of unbranched alkanes of at least 4 members (excludes halogenated alkanes) is 1. The van der Waals surface area contributed by atoms with E-state index in [-0.39, 0.29) is 5.91 Å². The number of nitrogens with one attached hydrogen (secondary N) is 2. The SMILES string of the molecule is CCCCc1nc2c(N)nc3ccc(N4CCN(CCOCCOCCOCCOCCC(=O)NCC5CCCCCC(N)CC5)CC4)cc3c2[nH]1. The number of aryl methyl sites for hydroxylation is 1. The Kier molecular flexibility index (Phi) is 17.1. The number of aromatic amines is 1. The topological polar surface area (TPSA) is 166 Å². The van der Waals surface area contributed by atoms with Crippen molar-refractivity contribution in [1.82, 2.24) is 25.2 Å². The number of ether oxygens (including phenoxy) is 4. The number of imidazole rings is 1. The molecule has 1 aliphatic heterocycles. The van der Waals surface area contributed by atoms with Gasteiger partial charge in [0.1, 0.15) is 11.3 Å². The zero-order chi connectivity index (χ0) is 36.4. The Bertz CT molecular complexity index is 1480. The van der Waals surface area contributed by atoms with Gasteiger partial charge in [0.2, 0.25) is 5.91 Å². The quantitative estimate of drug-likeness (QED) is 0.115. The van der Waals surface area contributed by atoms with Crippen LogP contribution in [0.25, 0.3) is 21.9 Å². The van der Waals surface area contributed by atoms with E-state index in [1.165, 1.54) is 31.4 Å². The smallest absolute Gasteiger partial charge is 0.222 e. The predicted molar refractivity (Wildman–Crippen MR) is 208 cm³/mol. The van der Waals surface area contributed by atoms with E-state index < -0.39 is 0 Å². The number of nitrogen functional groups attached to an aromatic ring is 1. The number of hydrogen-bond donors (Lipinski definition) is 4. The van der Waals surface area contributed by atoms with Crippen LogP contribution in [0.3, 0.4) is 0 Å². The lowest BCUT2D eigenvalue weighted by atomic mass is 9.96. The van der Waals surface area contributed by atoms with Crippen LogP contribution in [0.1, 0.15) is 77.0 Å². The van der Waals surface area contributed by atoms with Crippen molar-refractivity contribution in [2.45, 2.75) is 83.6 Å². The van der Waals surface area contributed by atoms with Crippen LogP contribution in [0.2, 0.25) is 0 Å². The molecule has 2 atom stereocenters. The van der Waals surface area contributed by atoms with Crippen LogP contribution in [0.5, 0.6) is 0 Å². The molecule has 3 heterocycles. The van der Waals surface area contributed by atoms with Gasteiger partial charge < -0.3 is 45.6 Å². The Labute approximate surface area is 309 Å². The average Bonchev–Trinajstić information content (AvgIpc) is 3.63. The molecule has 0 bridgehead atoms. The molecule has 1 aromatic carbocycles. The van der Waals surface area contributed by atoms with Crippen molar-refractivity contribution >= 4 is 39.3 Å². The molecule has 5 rings (SSSR count). The Morgan fingerprint density at radius 2 is 1.60 bits per heavy atom. The second-order valence-electron chi connectivity index (χ2n) is 14.4. The molecule has 52 heavy (non-hydrogen) atoms. The highest BCUT2D eigenvalue weighted by molar-refractivity contribution is 6.07. The minimum absolute atomic E-state index is 0.0537. The van der Waals surface area contributed by atoms with Gasteiger partial charge in [-0.2, -0.15) is 0 Å². The Morgan fingerprint density at radius 1 is 0.885 bits per heavy atom. The third kappa shape index (κ3) is 13.1. The zero-order valence-electron chi connectivity index (χ0n) is 31.5. The van der Waals surface area contributed by atoms with Gasteiger partial charge in [-0.25, -0.2) is 9.97 Å². The molecule has 0 spiro atoms. The predicted octanol–water partition coefficient (Wildman–Crippen LogP) is 4.42. The molecule has 1 amide bonds. The van der Waals surface area contributed by atoms with E-state index in [4.69, 9.17) is 35.4 Å². The summed E-state index contributed by atoms with van der Waals surface area (Å²) in [5, 5.41) is 4.16. The molecule has 1 aliphatic carbocycles. The van der Waals surface area contributed by atoms with E-state index in [9.17, 15) is 4.79 Å². The fourth-order valence-corrected chi connectivity index (χ4v) is 7.12. The molecular weight excluding hydrogens is 660 g/mol. The number of nitrogens with two attached hydrogens (primary N) is 2. The van der Waals surface area contributed by atoms with E-state index in [1.54, 1.807) is 0 Å². The largest absolute Gasteiger partial charge is 0.382 e. The summed E-state index contributed by atoms with van der Waals surface area (Å²) in [4.78, 5) is 30.0. The van der Waals surface area contributed by atoms with Gasteiger partial charge in [0.15, 0.2) is 5.82 Å². The summed E-state index contributed by atoms with van der Waals surface area (Å²) in [6, 6.07) is 6.75. The van der Waals surface area contributed by atoms with E-state index in [1.807, 2.05) is 0 Å². The van der Waals surface area contributed by atoms with Gasteiger partial charge in [0.05, 0.1) is 63.9 Å². The van der Waals surface area contributed by atoms with Crippen molar-refractivity contribution in [2.75, 3.05) is 103 Å². The Morgan fingerprint density at radius 3 is 2.35 bits per heavy atom. The lowest BCUT2D eigenvalue weighted by Crippen LogP contribution is -2.47. The van der Waals surface area contributed by atoms with Crippen LogP contribution >= 0.6 is 0 Å². The molecule has 1 saturated carbocycles. The van der Waals surface area contributed by atoms with Crippen molar-refractivity contribution in [1.29, 1.82) is 0 Å². The van der Waals surface area contributed by atoms with Crippen molar-refractivity contribution in [3.05, 3.63) is 24.0 Å². The molecule has 2 aromatic heterocycles. The summed E-state index contributed by atoms with van der Waals surface area (Å²) in [6.45, 7) is 11.9. The molecule has 0 radical (unpaired) electrons. The number of carbonyl (C=O) groups excluding carboxylic acids is 1. The zero-order valence-corrected chi connectivity index (χ0v) is 31.5. The Balaban J connectivity index is 0.842. The standard InChI is InChI=1S/C39H64N8O5/c1-2-3-9-35-44-37-33-28-32(12-13-34(33)43-39(41)38(37)45-35)47-17-15-46(16-18-47)19-21-50-23-25-52-27-26-51-24-22-49-20-14-36(48)42-29-30-7-5-4-6-8-31(40)11-10-30/h12-13,28,30-31H,2-11,14-27,29,40H2,1H3,(H2,41,43)(H,42,48)(H,44,45). The number of piperazine rings is 1. The number of hydrogen-bond acceptors (Lipinski definition) is 11. The third-order valence-electron chi connectivity index (χ3n) is 10.4. The first-order valence-corrected chi connectivity index (χ1v) is 19.9. The minimum Gasteiger partial charge on any atom is -0.382 e. The van der Waals surface area contributed by atoms with Crippen molar-refractivity contribution < 1.29 is 23.7 Å². The maximum Gasteiger partial charge on any atom is 0.222 e. The number of anilines is 2. The molecule has 2 fully saturated rings. The molecule has 13 heteroatoms. The summed E-state index contributed by atoms with van der Waals surface area (Å²) in [6.07, 6.45) is 11.7. The Hall–Kier alpha value is -3.07. The fraction of sp³-hybridized carbons (Fsp3) is 0.718. The first-order valence-electron chi connectivity index (χ1n) is 19.9. The van der Waals surface area contributed by atoms with Gasteiger partial charge in [0.25, 0.3) is 0 Å². The van der Waals surface area contributed by atoms with Crippen LogP contribution in [-0.2, 0) is 30.2 Å². The summed E-state index contributed by atoms with van der Waals surface area (Å²) in [5.74, 6) is 2.04. The van der Waals surface area contributed by atoms with E-state index in [0.717, 1.165) is 106 Å². The molecule has 13 nitrogen and oxygen atoms in total. The van der Waals surface area contributed by atoms with E-state index >= 15 is 0 Å². The lowest BCUT2D eigenvalue weighted by molar-refractivity contribution is -0.122. The maximum atomic E-state index is 12.2. The monoisotopic (exact) mass is 724 g/mol. The number of amides is 1. The van der Waals surface area contributed by atoms with Crippen LogP contribution in [0.15, 0.2) is 18.2 Å². The number of benzene rings is 1. The van der Waals surface area contributed by atoms with Crippen molar-refractivity contribution in [3.63, 3.8) is 0 Å². The lowest BCUT2D eigenvalue weighted by Gasteiger charge is -2.36. The molecule has 3 aromatic rings. The number of H-pyrrole nitrogens is 1. The normalized spacial score (nSPS) is 19.2. The van der Waals surface area contributed by atoms with Gasteiger partial charge >= 0.3 is 0 Å². The minimum atomic E-state index is 0.0537. The number of carbonyl (C=O) groups is 1. The van der Waals surface area contributed by atoms with E-state index in [0.29, 0.717) is 77.1 Å². The summed E-state index contributed by atoms with van der Waals surface area (Å²) >= 11 is 0. The highest BCUT2D eigenvalue weighted by atomic mass is 16.6. The molecule has 6 N–H and O–H groups in total. The number of rotatable bonds is 21. The second-order valence-corrected chi connectivity index (χ2v) is 14.4. The number of fused-ring (bicyclic) bond motifs is 3. The van der Waals surface area contributed by atoms with Crippen molar-refractivity contribution in [2.24, 2.45) is 11.7 Å². The maximum absolute atomic E-state index is 12.2. The highest BCUT2D eigenvalue weighted by Gasteiger charge is 2.19. The molecular formula is C39H64N8O5. The third-order valence-corrected chi connectivity index (χ3v) is 10.4. The van der Waals surface area contributed by atoms with Crippen molar-refractivity contribution in [3.8, 4) is 0 Å².